The molecule has 20 heavy (non-hydrogen) atoms. The molecule has 114 valence electrons. The van der Waals surface area contributed by atoms with E-state index in [4.69, 9.17) is 5.73 Å². The third-order valence-corrected chi connectivity index (χ3v) is 3.29. The number of nitrogen functional groups attached to an aromatic ring is 1. The molecule has 1 heterocycles. The van der Waals surface area contributed by atoms with E-state index in [1.165, 1.54) is 6.92 Å². The van der Waals surface area contributed by atoms with Gasteiger partial charge in [0.1, 0.15) is 17.2 Å². The Morgan fingerprint density at radius 3 is 2.55 bits per heavy atom. The summed E-state index contributed by atoms with van der Waals surface area (Å²) >= 11 is 0.960. The summed E-state index contributed by atoms with van der Waals surface area (Å²) in [4.78, 5) is 16.7. The Morgan fingerprint density at radius 1 is 1.50 bits per heavy atom. The molecule has 5 nitrogen and oxygen atoms in total. The summed E-state index contributed by atoms with van der Waals surface area (Å²) in [7, 11) is 0. The number of rotatable bonds is 5. The molecule has 9 heteroatoms. The molecule has 0 saturated heterocycles. The van der Waals surface area contributed by atoms with Crippen molar-refractivity contribution in [2.75, 3.05) is 24.1 Å². The molecule has 0 radical (unpaired) electrons. The second-order valence-electron chi connectivity index (χ2n) is 4.47. The number of carbonyl (C=O) groups is 1. The van der Waals surface area contributed by atoms with Crippen LogP contribution in [0.3, 0.4) is 0 Å². The van der Waals surface area contributed by atoms with Crippen molar-refractivity contribution in [3.05, 3.63) is 4.88 Å². The van der Waals surface area contributed by atoms with E-state index in [9.17, 15) is 18.0 Å². The lowest BCUT2D eigenvalue weighted by Crippen LogP contribution is -2.38. The third-order valence-electron chi connectivity index (χ3n) is 2.30. The third kappa shape index (κ3) is 4.55. The van der Waals surface area contributed by atoms with E-state index in [-0.39, 0.29) is 23.3 Å². The number of aromatic nitrogens is 1. The highest BCUT2D eigenvalue weighted by Crippen LogP contribution is 2.28. The number of halogens is 3. The molecule has 0 spiro atoms. The van der Waals surface area contributed by atoms with Crippen LogP contribution in [-0.2, 0) is 0 Å². The Hall–Kier alpha value is -1.51. The van der Waals surface area contributed by atoms with Crippen LogP contribution in [0.1, 0.15) is 30.4 Å². The summed E-state index contributed by atoms with van der Waals surface area (Å²) in [6.45, 7) is 3.88. The summed E-state index contributed by atoms with van der Waals surface area (Å²) in [6.07, 6.45) is -4.44. The molecular weight excluding hydrogens is 293 g/mol. The molecule has 1 rings (SSSR count). The second kappa shape index (κ2) is 6.29. The van der Waals surface area contributed by atoms with Gasteiger partial charge in [-0.1, -0.05) is 11.3 Å². The summed E-state index contributed by atoms with van der Waals surface area (Å²) < 4.78 is 37.2. The van der Waals surface area contributed by atoms with Gasteiger partial charge in [-0.2, -0.15) is 13.2 Å². The minimum atomic E-state index is -4.44. The Labute approximate surface area is 119 Å². The molecule has 0 atom stereocenters. The highest BCUT2D eigenvalue weighted by atomic mass is 32.1. The molecule has 0 aliphatic heterocycles. The van der Waals surface area contributed by atoms with Gasteiger partial charge in [-0.05, 0) is 20.8 Å². The van der Waals surface area contributed by atoms with Crippen molar-refractivity contribution >= 4 is 28.2 Å². The Kier molecular flexibility index (Phi) is 5.21. The van der Waals surface area contributed by atoms with Crippen molar-refractivity contribution in [3.63, 3.8) is 0 Å². The largest absolute Gasteiger partial charge is 0.406 e. The molecule has 1 aromatic heterocycles. The zero-order valence-electron chi connectivity index (χ0n) is 11.4. The molecule has 1 amide bonds. The van der Waals surface area contributed by atoms with Gasteiger partial charge in [-0.3, -0.25) is 4.79 Å². The van der Waals surface area contributed by atoms with E-state index in [0.29, 0.717) is 10.0 Å². The van der Waals surface area contributed by atoms with Crippen LogP contribution in [0.5, 0.6) is 0 Å². The molecule has 0 fully saturated rings. The first kappa shape index (κ1) is 16.5. The van der Waals surface area contributed by atoms with Gasteiger partial charge in [0.2, 0.25) is 0 Å². The van der Waals surface area contributed by atoms with Crippen molar-refractivity contribution in [3.8, 4) is 0 Å². The van der Waals surface area contributed by atoms with Gasteiger partial charge < -0.3 is 16.0 Å². The van der Waals surface area contributed by atoms with Crippen LogP contribution in [0.2, 0.25) is 0 Å². The average molecular weight is 310 g/mol. The number of anilines is 2. The molecular formula is C11H17F3N4OS. The predicted octanol–water partition coefficient (Wildman–Crippen LogP) is 2.57. The number of nitrogens with one attached hydrogen (secondary N) is 1. The lowest BCUT2D eigenvalue weighted by Gasteiger charge is -2.21. The van der Waals surface area contributed by atoms with E-state index in [1.807, 2.05) is 13.8 Å². The van der Waals surface area contributed by atoms with Crippen molar-refractivity contribution in [2.45, 2.75) is 33.0 Å². The van der Waals surface area contributed by atoms with Gasteiger partial charge >= 0.3 is 6.18 Å². The first-order valence-corrected chi connectivity index (χ1v) is 6.84. The first-order valence-electron chi connectivity index (χ1n) is 6.03. The fourth-order valence-electron chi connectivity index (χ4n) is 1.48. The number of carbonyl (C=O) groups excluding carboxylic acids is 1. The number of hydrogen-bond donors (Lipinski definition) is 2. The fourth-order valence-corrected chi connectivity index (χ4v) is 2.48. The second-order valence-corrected chi connectivity index (χ2v) is 5.47. The molecule has 0 unspecified atom stereocenters. The van der Waals surface area contributed by atoms with Gasteiger partial charge in [-0.15, -0.1) is 0 Å². The maximum absolute atomic E-state index is 12.4. The maximum atomic E-state index is 12.4. The Balaban J connectivity index is 2.92. The first-order chi connectivity index (χ1) is 9.14. The highest BCUT2D eigenvalue weighted by Gasteiger charge is 2.34. The van der Waals surface area contributed by atoms with Gasteiger partial charge in [0.15, 0.2) is 5.13 Å². The number of nitrogens with zero attached hydrogens (tertiary/aromatic N) is 2. The minimum absolute atomic E-state index is 0.0271. The molecule has 0 aliphatic carbocycles. The number of nitrogens with two attached hydrogens (primary N) is 1. The Bertz CT molecular complexity index is 473. The topological polar surface area (TPSA) is 71.2 Å². The molecule has 3 N–H and O–H groups in total. The number of alkyl halides is 3. The van der Waals surface area contributed by atoms with E-state index in [1.54, 1.807) is 0 Å². The predicted molar refractivity (Wildman–Crippen MR) is 72.9 cm³/mol. The number of thiazole rings is 1. The molecule has 0 bridgehead atoms. The smallest absolute Gasteiger partial charge is 0.382 e. The molecule has 1 aromatic rings. The van der Waals surface area contributed by atoms with E-state index in [2.05, 4.69) is 10.3 Å². The van der Waals surface area contributed by atoms with Gasteiger partial charge in [0.05, 0.1) is 0 Å². The van der Waals surface area contributed by atoms with Crippen LogP contribution in [0.4, 0.5) is 24.1 Å². The zero-order valence-corrected chi connectivity index (χ0v) is 12.2. The Morgan fingerprint density at radius 2 is 2.10 bits per heavy atom. The van der Waals surface area contributed by atoms with Gasteiger partial charge in [-0.25, -0.2) is 4.98 Å². The molecule has 0 saturated carbocycles. The average Bonchev–Trinajstić information content (AvgIpc) is 2.64. The van der Waals surface area contributed by atoms with Crippen LogP contribution in [0.15, 0.2) is 0 Å². The van der Waals surface area contributed by atoms with Crippen LogP contribution >= 0.6 is 11.3 Å². The molecule has 0 aromatic carbocycles. The van der Waals surface area contributed by atoms with Gasteiger partial charge in [0, 0.05) is 12.6 Å². The van der Waals surface area contributed by atoms with Crippen molar-refractivity contribution in [2.24, 2.45) is 0 Å². The van der Waals surface area contributed by atoms with Crippen molar-refractivity contribution < 1.29 is 18.0 Å². The minimum Gasteiger partial charge on any atom is -0.382 e. The van der Waals surface area contributed by atoms with Crippen LogP contribution in [0.25, 0.3) is 0 Å². The number of hydrogen-bond acceptors (Lipinski definition) is 5. The zero-order chi connectivity index (χ0) is 15.5. The summed E-state index contributed by atoms with van der Waals surface area (Å²) in [5, 5.41) is 3.38. The van der Waals surface area contributed by atoms with Crippen LogP contribution < -0.4 is 11.1 Å². The quantitative estimate of drug-likeness (QED) is 0.877. The normalized spacial score (nSPS) is 11.8. The van der Waals surface area contributed by atoms with E-state index in [0.717, 1.165) is 11.3 Å². The lowest BCUT2D eigenvalue weighted by molar-refractivity contribution is -0.140. The van der Waals surface area contributed by atoms with Gasteiger partial charge in [0.25, 0.3) is 5.91 Å². The van der Waals surface area contributed by atoms with E-state index < -0.39 is 18.6 Å². The fraction of sp³-hybridized carbons (Fsp3) is 0.636. The standard InChI is InChI=1S/C11H17F3N4OS/c1-4-18(5-11(12,13)14)9(19)7-8(15)17-10(20-7)16-6(2)3/h6H,4-5,15H2,1-3H3,(H,16,17). The van der Waals surface area contributed by atoms with Crippen LogP contribution in [0, 0.1) is 0 Å². The van der Waals surface area contributed by atoms with Crippen molar-refractivity contribution in [1.82, 2.24) is 9.88 Å². The number of amides is 1. The van der Waals surface area contributed by atoms with E-state index >= 15 is 0 Å². The maximum Gasteiger partial charge on any atom is 0.406 e. The SMILES string of the molecule is CCN(CC(F)(F)F)C(=O)c1sc(NC(C)C)nc1N. The molecule has 0 aliphatic rings. The highest BCUT2D eigenvalue weighted by molar-refractivity contribution is 7.18. The summed E-state index contributed by atoms with van der Waals surface area (Å²) in [6, 6.07) is 0.0842. The summed E-state index contributed by atoms with van der Waals surface area (Å²) in [5.41, 5.74) is 5.60. The lowest BCUT2D eigenvalue weighted by atomic mass is 10.4. The summed E-state index contributed by atoms with van der Waals surface area (Å²) in [5.74, 6) is -0.805. The van der Waals surface area contributed by atoms with Crippen molar-refractivity contribution in [1.29, 1.82) is 0 Å². The monoisotopic (exact) mass is 310 g/mol. The van der Waals surface area contributed by atoms with Crippen LogP contribution in [-0.4, -0.2) is 41.1 Å².